The summed E-state index contributed by atoms with van der Waals surface area (Å²) in [5, 5.41) is 7.74. The minimum absolute atomic E-state index is 0.434. The highest BCUT2D eigenvalue weighted by Crippen LogP contribution is 2.31. The van der Waals surface area contributed by atoms with E-state index in [0.29, 0.717) is 6.04 Å². The Kier molecular flexibility index (Phi) is 2.12. The van der Waals surface area contributed by atoms with Crippen LogP contribution in [-0.2, 0) is 7.05 Å². The van der Waals surface area contributed by atoms with Gasteiger partial charge in [0, 0.05) is 30.9 Å². The molecule has 1 aliphatic rings. The highest BCUT2D eigenvalue weighted by Gasteiger charge is 2.33. The summed E-state index contributed by atoms with van der Waals surface area (Å²) in [5.74, 6) is 0.860. The van der Waals surface area contributed by atoms with Crippen molar-refractivity contribution >= 4 is 0 Å². The molecular formula is C10H17N3. The first-order valence-electron chi connectivity index (χ1n) is 4.91. The molecule has 0 saturated heterocycles. The van der Waals surface area contributed by atoms with Crippen LogP contribution < -0.4 is 5.32 Å². The van der Waals surface area contributed by atoms with Crippen molar-refractivity contribution in [1.82, 2.24) is 15.1 Å². The van der Waals surface area contributed by atoms with Gasteiger partial charge in [0.25, 0.3) is 0 Å². The first kappa shape index (κ1) is 8.75. The third-order valence-electron chi connectivity index (χ3n) is 2.80. The second kappa shape index (κ2) is 3.14. The lowest BCUT2D eigenvalue weighted by atomic mass is 10.2. The fourth-order valence-corrected chi connectivity index (χ4v) is 1.64. The summed E-state index contributed by atoms with van der Waals surface area (Å²) in [6.45, 7) is 4.48. The van der Waals surface area contributed by atoms with E-state index < -0.39 is 0 Å². The topological polar surface area (TPSA) is 29.9 Å². The Morgan fingerprint density at radius 2 is 2.38 bits per heavy atom. The fourth-order valence-electron chi connectivity index (χ4n) is 1.64. The van der Waals surface area contributed by atoms with Gasteiger partial charge in [0.2, 0.25) is 0 Å². The third-order valence-corrected chi connectivity index (χ3v) is 2.80. The fraction of sp³-hybridized carbons (Fsp3) is 0.700. The van der Waals surface area contributed by atoms with Crippen LogP contribution in [0.25, 0.3) is 0 Å². The second-order valence-electron chi connectivity index (χ2n) is 4.16. The van der Waals surface area contributed by atoms with E-state index in [1.165, 1.54) is 12.0 Å². The molecule has 3 nitrogen and oxygen atoms in total. The van der Waals surface area contributed by atoms with Crippen molar-refractivity contribution in [3.63, 3.8) is 0 Å². The molecule has 1 aromatic heterocycles. The van der Waals surface area contributed by atoms with Crippen LogP contribution in [0.1, 0.15) is 31.9 Å². The molecule has 1 aliphatic carbocycles. The summed E-state index contributed by atoms with van der Waals surface area (Å²) in [6.07, 6.45) is 5.33. The Hall–Kier alpha value is -0.830. The van der Waals surface area contributed by atoms with Crippen LogP contribution in [0.15, 0.2) is 12.4 Å². The lowest BCUT2D eigenvalue weighted by Crippen LogP contribution is -2.21. The Morgan fingerprint density at radius 3 is 2.85 bits per heavy atom. The minimum atomic E-state index is 0.434. The van der Waals surface area contributed by atoms with E-state index in [0.717, 1.165) is 12.0 Å². The number of hydrogen-bond donors (Lipinski definition) is 1. The zero-order valence-electron chi connectivity index (χ0n) is 8.49. The van der Waals surface area contributed by atoms with Gasteiger partial charge >= 0.3 is 0 Å². The highest BCUT2D eigenvalue weighted by molar-refractivity contribution is 5.10. The molecule has 1 heterocycles. The van der Waals surface area contributed by atoms with Crippen molar-refractivity contribution in [2.45, 2.75) is 32.4 Å². The summed E-state index contributed by atoms with van der Waals surface area (Å²) >= 11 is 0. The number of rotatable bonds is 3. The maximum atomic E-state index is 4.16. The first-order valence-corrected chi connectivity index (χ1v) is 4.91. The van der Waals surface area contributed by atoms with Crippen molar-refractivity contribution in [3.05, 3.63) is 18.0 Å². The van der Waals surface area contributed by atoms with Crippen LogP contribution in [0.2, 0.25) is 0 Å². The van der Waals surface area contributed by atoms with E-state index in [1.54, 1.807) is 0 Å². The van der Waals surface area contributed by atoms with Crippen LogP contribution in [0.5, 0.6) is 0 Å². The average molecular weight is 179 g/mol. The number of aryl methyl sites for hydroxylation is 1. The van der Waals surface area contributed by atoms with Gasteiger partial charge in [-0.25, -0.2) is 0 Å². The summed E-state index contributed by atoms with van der Waals surface area (Å²) in [5.41, 5.74) is 1.28. The van der Waals surface area contributed by atoms with E-state index in [2.05, 4.69) is 30.5 Å². The van der Waals surface area contributed by atoms with Gasteiger partial charge in [-0.05, 0) is 19.3 Å². The first-order chi connectivity index (χ1) is 6.16. The van der Waals surface area contributed by atoms with Crippen LogP contribution in [0.3, 0.4) is 0 Å². The molecule has 1 N–H and O–H groups in total. The Bertz CT molecular complexity index is 292. The van der Waals surface area contributed by atoms with E-state index in [9.17, 15) is 0 Å². The molecule has 72 valence electrons. The lowest BCUT2D eigenvalue weighted by Gasteiger charge is -2.10. The van der Waals surface area contributed by atoms with Crippen LogP contribution in [-0.4, -0.2) is 15.8 Å². The largest absolute Gasteiger partial charge is 0.307 e. The predicted molar refractivity (Wildman–Crippen MR) is 52.3 cm³/mol. The molecule has 0 aromatic carbocycles. The molecule has 0 radical (unpaired) electrons. The van der Waals surface area contributed by atoms with Crippen molar-refractivity contribution in [2.24, 2.45) is 13.0 Å². The third kappa shape index (κ3) is 1.91. The van der Waals surface area contributed by atoms with Gasteiger partial charge in [-0.1, -0.05) is 6.92 Å². The molecule has 0 bridgehead atoms. The molecular weight excluding hydrogens is 162 g/mol. The Balaban J connectivity index is 1.93. The Morgan fingerprint density at radius 1 is 1.69 bits per heavy atom. The van der Waals surface area contributed by atoms with Crippen molar-refractivity contribution in [3.8, 4) is 0 Å². The van der Waals surface area contributed by atoms with Crippen LogP contribution in [0, 0.1) is 5.92 Å². The van der Waals surface area contributed by atoms with Crippen molar-refractivity contribution in [1.29, 1.82) is 0 Å². The van der Waals surface area contributed by atoms with E-state index in [4.69, 9.17) is 0 Å². The lowest BCUT2D eigenvalue weighted by molar-refractivity contribution is 0.551. The normalized spacial score (nSPS) is 28.8. The summed E-state index contributed by atoms with van der Waals surface area (Å²) in [4.78, 5) is 0. The maximum absolute atomic E-state index is 4.16. The average Bonchev–Trinajstić information content (AvgIpc) is 2.62. The van der Waals surface area contributed by atoms with E-state index in [-0.39, 0.29) is 0 Å². The maximum Gasteiger partial charge on any atom is 0.0537 e. The van der Waals surface area contributed by atoms with Gasteiger partial charge in [-0.15, -0.1) is 0 Å². The number of nitrogens with zero attached hydrogens (tertiary/aromatic N) is 2. The molecule has 13 heavy (non-hydrogen) atoms. The Labute approximate surface area is 79.1 Å². The summed E-state index contributed by atoms with van der Waals surface area (Å²) in [7, 11) is 1.95. The monoisotopic (exact) mass is 179 g/mol. The summed E-state index contributed by atoms with van der Waals surface area (Å²) < 4.78 is 1.85. The standard InChI is InChI=1S/C10H17N3/c1-7-4-10(7)12-8(2)9-5-11-13(3)6-9/h5-8,10,12H,4H2,1-3H3. The van der Waals surface area contributed by atoms with Gasteiger partial charge in [-0.2, -0.15) is 5.10 Å². The molecule has 1 aromatic rings. The molecule has 1 saturated carbocycles. The van der Waals surface area contributed by atoms with Crippen molar-refractivity contribution < 1.29 is 0 Å². The van der Waals surface area contributed by atoms with Gasteiger partial charge in [0.1, 0.15) is 0 Å². The number of nitrogens with one attached hydrogen (secondary N) is 1. The summed E-state index contributed by atoms with van der Waals surface area (Å²) in [6, 6.07) is 1.17. The zero-order valence-corrected chi connectivity index (χ0v) is 8.49. The van der Waals surface area contributed by atoms with Crippen LogP contribution in [0.4, 0.5) is 0 Å². The smallest absolute Gasteiger partial charge is 0.0537 e. The second-order valence-corrected chi connectivity index (χ2v) is 4.16. The van der Waals surface area contributed by atoms with Gasteiger partial charge in [-0.3, -0.25) is 4.68 Å². The molecule has 1 fully saturated rings. The van der Waals surface area contributed by atoms with E-state index in [1.807, 2.05) is 17.9 Å². The molecule has 3 heteroatoms. The van der Waals surface area contributed by atoms with Gasteiger partial charge in [0.15, 0.2) is 0 Å². The molecule has 0 amide bonds. The predicted octanol–water partition coefficient (Wildman–Crippen LogP) is 1.48. The SMILES string of the molecule is CC(NC1CC1C)c1cnn(C)c1. The van der Waals surface area contributed by atoms with E-state index >= 15 is 0 Å². The quantitative estimate of drug-likeness (QED) is 0.761. The molecule has 0 spiro atoms. The van der Waals surface area contributed by atoms with Crippen LogP contribution >= 0.6 is 0 Å². The molecule has 2 rings (SSSR count). The molecule has 0 aliphatic heterocycles. The van der Waals surface area contributed by atoms with Gasteiger partial charge < -0.3 is 5.32 Å². The van der Waals surface area contributed by atoms with Crippen molar-refractivity contribution in [2.75, 3.05) is 0 Å². The number of aromatic nitrogens is 2. The molecule has 3 unspecified atom stereocenters. The highest BCUT2D eigenvalue weighted by atomic mass is 15.2. The number of hydrogen-bond acceptors (Lipinski definition) is 2. The zero-order chi connectivity index (χ0) is 9.42. The van der Waals surface area contributed by atoms with Gasteiger partial charge in [0.05, 0.1) is 6.20 Å². The molecule has 3 atom stereocenters. The minimum Gasteiger partial charge on any atom is -0.307 e.